The lowest BCUT2D eigenvalue weighted by Gasteiger charge is -2.35. The Kier molecular flexibility index (Phi) is 6.35. The Morgan fingerprint density at radius 3 is 1.31 bits per heavy atom. The fourth-order valence-corrected chi connectivity index (χ4v) is 5.94. The van der Waals surface area contributed by atoms with Gasteiger partial charge in [-0.3, -0.25) is 0 Å². The fourth-order valence-electron chi connectivity index (χ4n) is 5.94. The van der Waals surface area contributed by atoms with E-state index in [1.165, 1.54) is 0 Å². The average molecular weight is 519 g/mol. The first-order chi connectivity index (χ1) is 18.9. The van der Waals surface area contributed by atoms with E-state index in [1.807, 2.05) is 97.1 Å². The predicted octanol–water partition coefficient (Wildman–Crippen LogP) is 6.48. The molecule has 0 radical (unpaired) electrons. The normalized spacial score (nSPS) is 21.9. The second kappa shape index (κ2) is 9.86. The molecule has 2 aliphatic carbocycles. The minimum atomic E-state index is -1.30. The van der Waals surface area contributed by atoms with Gasteiger partial charge in [0.05, 0.1) is 13.2 Å². The van der Waals surface area contributed by atoms with Gasteiger partial charge in [0.25, 0.3) is 0 Å². The second-order valence-electron chi connectivity index (χ2n) is 10.2. The maximum absolute atomic E-state index is 11.9. The van der Waals surface area contributed by atoms with Crippen molar-refractivity contribution in [3.05, 3.63) is 154 Å². The molecule has 0 saturated carbocycles. The monoisotopic (exact) mass is 518 g/mol. The molecule has 2 aliphatic rings. The summed E-state index contributed by atoms with van der Waals surface area (Å²) in [6.07, 6.45) is 3.82. The molecule has 2 unspecified atom stereocenters. The van der Waals surface area contributed by atoms with Crippen molar-refractivity contribution >= 4 is 11.5 Å². The van der Waals surface area contributed by atoms with Gasteiger partial charge in [-0.05, 0) is 45.5 Å². The molecular weight excluding hydrogens is 488 g/mol. The zero-order valence-electron chi connectivity index (χ0n) is 21.4. The van der Waals surface area contributed by atoms with Crippen LogP contribution >= 0.6 is 0 Å². The van der Waals surface area contributed by atoms with Gasteiger partial charge < -0.3 is 25.2 Å². The number of rotatable bonds is 6. The van der Waals surface area contributed by atoms with Crippen molar-refractivity contribution in [3.63, 3.8) is 0 Å². The van der Waals surface area contributed by atoms with Crippen molar-refractivity contribution in [2.24, 2.45) is 0 Å². The molecule has 0 amide bonds. The van der Waals surface area contributed by atoms with E-state index in [1.54, 1.807) is 12.2 Å². The molecule has 0 aliphatic heterocycles. The summed E-state index contributed by atoms with van der Waals surface area (Å²) in [6, 6.07) is 30.0. The number of ether oxygens (including phenoxy) is 1. The van der Waals surface area contributed by atoms with Crippen molar-refractivity contribution in [1.29, 1.82) is 0 Å². The Hall–Kier alpha value is -4.16. The third kappa shape index (κ3) is 4.25. The predicted molar refractivity (Wildman–Crippen MR) is 151 cm³/mol. The summed E-state index contributed by atoms with van der Waals surface area (Å²) in [6.45, 7) is 0.501. The van der Waals surface area contributed by atoms with Crippen LogP contribution in [0.2, 0.25) is 0 Å². The molecule has 0 fully saturated rings. The van der Waals surface area contributed by atoms with Crippen molar-refractivity contribution < 1.29 is 25.2 Å². The Morgan fingerprint density at radius 2 is 0.872 bits per heavy atom. The molecule has 5 heteroatoms. The van der Waals surface area contributed by atoms with Crippen molar-refractivity contribution in [3.8, 4) is 0 Å². The molecule has 0 spiro atoms. The van der Waals surface area contributed by atoms with Gasteiger partial charge in [0, 0.05) is 24.0 Å². The molecule has 0 saturated heterocycles. The maximum Gasteiger partial charge on any atom is 0.119 e. The van der Waals surface area contributed by atoms with Crippen LogP contribution in [0.4, 0.5) is 0 Å². The molecule has 39 heavy (non-hydrogen) atoms. The highest BCUT2D eigenvalue weighted by Crippen LogP contribution is 2.44. The van der Waals surface area contributed by atoms with E-state index in [0.717, 1.165) is 22.3 Å². The van der Waals surface area contributed by atoms with Crippen molar-refractivity contribution in [1.82, 2.24) is 0 Å². The highest BCUT2D eigenvalue weighted by atomic mass is 16.5. The smallest absolute Gasteiger partial charge is 0.119 e. The van der Waals surface area contributed by atoms with Crippen LogP contribution in [-0.2, 0) is 29.2 Å². The number of fused-ring (bicyclic) bond motifs is 2. The number of aliphatic hydroxyl groups excluding tert-OH is 2. The standard InChI is InChI=1S/C34H30O5/c35-31-17-19-33(37,29-15-7-3-11-25(29)31)27-13-5-1-9-23(27)21-39-22-24-10-2-6-14-28(24)34(38)20-18-32(36)26-12-4-8-16-30(26)34/h1-18,35-38H,19-22H2. The molecule has 5 nitrogen and oxygen atoms in total. The van der Waals surface area contributed by atoms with E-state index < -0.39 is 11.2 Å². The van der Waals surface area contributed by atoms with E-state index in [-0.39, 0.29) is 37.6 Å². The summed E-state index contributed by atoms with van der Waals surface area (Å²) < 4.78 is 6.23. The topological polar surface area (TPSA) is 90.2 Å². The van der Waals surface area contributed by atoms with Gasteiger partial charge in [-0.1, -0.05) is 97.1 Å². The van der Waals surface area contributed by atoms with Gasteiger partial charge in [-0.25, -0.2) is 0 Å². The Bertz CT molecular complexity index is 1480. The van der Waals surface area contributed by atoms with Crippen LogP contribution < -0.4 is 0 Å². The molecule has 196 valence electrons. The summed E-state index contributed by atoms with van der Waals surface area (Å²) in [5.74, 6) is 0.344. The van der Waals surface area contributed by atoms with E-state index in [4.69, 9.17) is 4.74 Å². The third-order valence-electron chi connectivity index (χ3n) is 7.92. The van der Waals surface area contributed by atoms with Gasteiger partial charge >= 0.3 is 0 Å². The number of benzene rings is 4. The second-order valence-corrected chi connectivity index (χ2v) is 10.2. The van der Waals surface area contributed by atoms with Gasteiger partial charge in [0.1, 0.15) is 22.7 Å². The van der Waals surface area contributed by atoms with Gasteiger partial charge in [0.15, 0.2) is 0 Å². The molecule has 0 aromatic heterocycles. The lowest BCUT2D eigenvalue weighted by Crippen LogP contribution is -2.32. The van der Waals surface area contributed by atoms with E-state index in [9.17, 15) is 20.4 Å². The minimum Gasteiger partial charge on any atom is -0.508 e. The highest BCUT2D eigenvalue weighted by Gasteiger charge is 2.39. The molecule has 4 aromatic rings. The molecule has 4 N–H and O–H groups in total. The third-order valence-corrected chi connectivity index (χ3v) is 7.92. The summed E-state index contributed by atoms with van der Waals surface area (Å²) in [4.78, 5) is 0. The zero-order chi connectivity index (χ0) is 27.0. The van der Waals surface area contributed by atoms with Crippen LogP contribution in [0, 0.1) is 0 Å². The largest absolute Gasteiger partial charge is 0.508 e. The number of aliphatic hydroxyl groups is 4. The SMILES string of the molecule is OC1=CCC(O)(c2ccccc2COCc2ccccc2C2(O)CC=C(O)c3ccccc32)c2ccccc21. The first kappa shape index (κ1) is 25.1. The minimum absolute atomic E-state index is 0.172. The quantitative estimate of drug-likeness (QED) is 0.235. The van der Waals surface area contributed by atoms with Gasteiger partial charge in [0.2, 0.25) is 0 Å². The Labute approximate surface area is 227 Å². The molecule has 0 bridgehead atoms. The van der Waals surface area contributed by atoms with E-state index in [2.05, 4.69) is 0 Å². The molecular formula is C34H30O5. The van der Waals surface area contributed by atoms with Crippen LogP contribution in [0.25, 0.3) is 11.5 Å². The molecule has 6 rings (SSSR count). The summed E-state index contributed by atoms with van der Waals surface area (Å²) in [7, 11) is 0. The van der Waals surface area contributed by atoms with Crippen LogP contribution in [0.15, 0.2) is 109 Å². The fraction of sp³-hybridized carbons (Fsp3) is 0.176. The number of hydrogen-bond acceptors (Lipinski definition) is 5. The van der Waals surface area contributed by atoms with Crippen LogP contribution in [0.1, 0.15) is 57.3 Å². The first-order valence-electron chi connectivity index (χ1n) is 13.1. The van der Waals surface area contributed by atoms with Gasteiger partial charge in [-0.15, -0.1) is 0 Å². The van der Waals surface area contributed by atoms with Crippen LogP contribution in [-0.4, -0.2) is 20.4 Å². The Morgan fingerprint density at radius 1 is 0.513 bits per heavy atom. The van der Waals surface area contributed by atoms with Crippen LogP contribution in [0.3, 0.4) is 0 Å². The molecule has 4 aromatic carbocycles. The summed E-state index contributed by atoms with van der Waals surface area (Å²) >= 11 is 0. The molecule has 2 atom stereocenters. The van der Waals surface area contributed by atoms with Crippen molar-refractivity contribution in [2.75, 3.05) is 0 Å². The van der Waals surface area contributed by atoms with Gasteiger partial charge in [-0.2, -0.15) is 0 Å². The highest BCUT2D eigenvalue weighted by molar-refractivity contribution is 5.68. The molecule has 0 heterocycles. The summed E-state index contributed by atoms with van der Waals surface area (Å²) in [5, 5.41) is 44.6. The lowest BCUT2D eigenvalue weighted by molar-refractivity contribution is 0.0654. The first-order valence-corrected chi connectivity index (χ1v) is 13.1. The lowest BCUT2D eigenvalue weighted by atomic mass is 9.76. The van der Waals surface area contributed by atoms with E-state index in [0.29, 0.717) is 22.3 Å². The maximum atomic E-state index is 11.9. The average Bonchev–Trinajstić information content (AvgIpc) is 2.98. The van der Waals surface area contributed by atoms with Crippen molar-refractivity contribution in [2.45, 2.75) is 37.3 Å². The summed E-state index contributed by atoms with van der Waals surface area (Å²) in [5.41, 5.74) is 3.13. The van der Waals surface area contributed by atoms with E-state index >= 15 is 0 Å². The zero-order valence-corrected chi connectivity index (χ0v) is 21.4. The number of hydrogen-bond donors (Lipinski definition) is 4. The van der Waals surface area contributed by atoms with Crippen LogP contribution in [0.5, 0.6) is 0 Å². The Balaban J connectivity index is 1.28.